The van der Waals surface area contributed by atoms with E-state index >= 15 is 0 Å². The molecule has 0 aliphatic rings. The Hall–Kier alpha value is -0.790. The predicted molar refractivity (Wildman–Crippen MR) is 45.2 cm³/mol. The Morgan fingerprint density at radius 1 is 1.55 bits per heavy atom. The van der Waals surface area contributed by atoms with Gasteiger partial charge < -0.3 is 0 Å². The van der Waals surface area contributed by atoms with Crippen molar-refractivity contribution in [3.05, 3.63) is 18.2 Å². The van der Waals surface area contributed by atoms with Gasteiger partial charge in [-0.2, -0.15) is 0 Å². The number of nitrogens with one attached hydrogen (secondary N) is 1. The molecule has 0 fully saturated rings. The summed E-state index contributed by atoms with van der Waals surface area (Å²) in [5.74, 6) is 2.06. The predicted octanol–water partition coefficient (Wildman–Crippen LogP) is 1.52. The summed E-state index contributed by atoms with van der Waals surface area (Å²) in [6.45, 7) is 7.70. The largest absolute Gasteiger partial charge is 0.254 e. The lowest BCUT2D eigenvalue weighted by Gasteiger charge is -1.99. The van der Waals surface area contributed by atoms with Gasteiger partial charge in [-0.15, -0.1) is 0 Å². The summed E-state index contributed by atoms with van der Waals surface area (Å²) in [5, 5.41) is 0. The second-order valence-electron chi connectivity index (χ2n) is 3.29. The average molecular weight is 153 g/mol. The summed E-state index contributed by atoms with van der Waals surface area (Å²) >= 11 is 0. The summed E-state index contributed by atoms with van der Waals surface area (Å²) in [7, 11) is 0. The van der Waals surface area contributed by atoms with Crippen LogP contribution < -0.4 is 4.57 Å². The van der Waals surface area contributed by atoms with Crippen LogP contribution in [0, 0.1) is 5.92 Å². The van der Waals surface area contributed by atoms with Crippen LogP contribution in [0.25, 0.3) is 0 Å². The number of H-pyrrole nitrogens is 1. The monoisotopic (exact) mass is 153 g/mol. The average Bonchev–Trinajstić information content (AvgIpc) is 2.34. The Morgan fingerprint density at radius 3 is 2.82 bits per heavy atom. The van der Waals surface area contributed by atoms with Gasteiger partial charge in [0.15, 0.2) is 0 Å². The zero-order valence-electron chi connectivity index (χ0n) is 7.59. The van der Waals surface area contributed by atoms with Crippen molar-refractivity contribution in [3.8, 4) is 0 Å². The van der Waals surface area contributed by atoms with Crippen LogP contribution in [-0.4, -0.2) is 4.98 Å². The summed E-state index contributed by atoms with van der Waals surface area (Å²) in [5.41, 5.74) is 0. The molecule has 1 heterocycles. The Bertz CT molecular complexity index is 213. The molecule has 0 aliphatic carbocycles. The second-order valence-corrected chi connectivity index (χ2v) is 3.29. The molecule has 0 amide bonds. The van der Waals surface area contributed by atoms with Crippen molar-refractivity contribution in [3.63, 3.8) is 0 Å². The third kappa shape index (κ3) is 2.07. The summed E-state index contributed by atoms with van der Waals surface area (Å²) in [6, 6.07) is 0. The van der Waals surface area contributed by atoms with Gasteiger partial charge in [0.05, 0.1) is 13.0 Å². The highest BCUT2D eigenvalue weighted by atomic mass is 15.0. The Labute approximate surface area is 68.3 Å². The molecule has 1 aromatic rings. The topological polar surface area (TPSA) is 19.7 Å². The van der Waals surface area contributed by atoms with Crippen molar-refractivity contribution in [2.24, 2.45) is 5.92 Å². The van der Waals surface area contributed by atoms with Crippen LogP contribution in [0.4, 0.5) is 0 Å². The fourth-order valence-electron chi connectivity index (χ4n) is 1.26. The van der Waals surface area contributed by atoms with Crippen LogP contribution >= 0.6 is 0 Å². The van der Waals surface area contributed by atoms with E-state index in [1.165, 1.54) is 5.82 Å². The lowest BCUT2D eigenvalue weighted by Crippen LogP contribution is -2.35. The van der Waals surface area contributed by atoms with Crippen molar-refractivity contribution in [2.75, 3.05) is 0 Å². The Morgan fingerprint density at radius 2 is 2.27 bits per heavy atom. The van der Waals surface area contributed by atoms with Crippen LogP contribution in [0.3, 0.4) is 0 Å². The molecule has 0 aliphatic heterocycles. The van der Waals surface area contributed by atoms with Crippen molar-refractivity contribution < 1.29 is 4.57 Å². The molecule has 1 N–H and O–H groups in total. The number of rotatable bonds is 3. The first-order chi connectivity index (χ1) is 5.24. The van der Waals surface area contributed by atoms with E-state index in [0.29, 0.717) is 0 Å². The standard InChI is InChI=1S/C9H16N2/c1-4-11-6-5-10-9(11)7-8(2)3/h5-6,8H,4,7H2,1-3H3/p+1. The molecule has 0 saturated carbocycles. The third-order valence-electron chi connectivity index (χ3n) is 1.79. The van der Waals surface area contributed by atoms with Gasteiger partial charge in [-0.3, -0.25) is 0 Å². The van der Waals surface area contributed by atoms with Gasteiger partial charge in [-0.1, -0.05) is 13.8 Å². The second kappa shape index (κ2) is 3.56. The van der Waals surface area contributed by atoms with Gasteiger partial charge in [-0.05, 0) is 12.8 Å². The SMILES string of the molecule is CC[n+]1cc[nH]c1CC(C)C. The van der Waals surface area contributed by atoms with E-state index in [4.69, 9.17) is 0 Å². The fraction of sp³-hybridized carbons (Fsp3) is 0.667. The van der Waals surface area contributed by atoms with Gasteiger partial charge in [-0.25, -0.2) is 9.55 Å². The smallest absolute Gasteiger partial charge is 0.248 e. The van der Waals surface area contributed by atoms with Gasteiger partial charge in [0, 0.05) is 0 Å². The molecule has 0 atom stereocenters. The molecule has 0 aromatic carbocycles. The number of hydrogen-bond donors (Lipinski definition) is 1. The molecule has 2 heteroatoms. The number of hydrogen-bond acceptors (Lipinski definition) is 0. The maximum Gasteiger partial charge on any atom is 0.254 e. The lowest BCUT2D eigenvalue weighted by molar-refractivity contribution is -0.699. The minimum absolute atomic E-state index is 0.728. The maximum absolute atomic E-state index is 3.25. The van der Waals surface area contributed by atoms with Gasteiger partial charge in [0.1, 0.15) is 12.4 Å². The van der Waals surface area contributed by atoms with Crippen molar-refractivity contribution >= 4 is 0 Å². The maximum atomic E-state index is 3.25. The first-order valence-corrected chi connectivity index (χ1v) is 4.29. The zero-order chi connectivity index (χ0) is 8.27. The molecule has 0 bridgehead atoms. The number of aryl methyl sites for hydroxylation is 1. The molecular weight excluding hydrogens is 136 g/mol. The fourth-order valence-corrected chi connectivity index (χ4v) is 1.26. The molecule has 0 unspecified atom stereocenters. The highest BCUT2D eigenvalue weighted by molar-refractivity contribution is 4.78. The molecule has 62 valence electrons. The normalized spacial score (nSPS) is 10.9. The quantitative estimate of drug-likeness (QED) is 0.635. The Kier molecular flexibility index (Phi) is 2.69. The number of aromatic amines is 1. The van der Waals surface area contributed by atoms with Crippen molar-refractivity contribution in [2.45, 2.75) is 33.7 Å². The minimum atomic E-state index is 0.728. The van der Waals surface area contributed by atoms with Gasteiger partial charge in [0.25, 0.3) is 5.82 Å². The number of nitrogens with zero attached hydrogens (tertiary/aromatic N) is 1. The summed E-state index contributed by atoms with van der Waals surface area (Å²) < 4.78 is 2.25. The molecule has 1 rings (SSSR count). The van der Waals surface area contributed by atoms with E-state index in [9.17, 15) is 0 Å². The van der Waals surface area contributed by atoms with E-state index in [0.717, 1.165) is 18.9 Å². The highest BCUT2D eigenvalue weighted by Crippen LogP contribution is 1.99. The van der Waals surface area contributed by atoms with Crippen molar-refractivity contribution in [1.82, 2.24) is 4.98 Å². The third-order valence-corrected chi connectivity index (χ3v) is 1.79. The van der Waals surface area contributed by atoms with E-state index in [1.54, 1.807) is 0 Å². The van der Waals surface area contributed by atoms with E-state index < -0.39 is 0 Å². The molecule has 0 saturated heterocycles. The molecule has 2 nitrogen and oxygen atoms in total. The molecule has 1 aromatic heterocycles. The van der Waals surface area contributed by atoms with Gasteiger partial charge >= 0.3 is 0 Å². The molecule has 0 spiro atoms. The van der Waals surface area contributed by atoms with Crippen LogP contribution in [0.2, 0.25) is 0 Å². The summed E-state index contributed by atoms with van der Waals surface area (Å²) in [6.07, 6.45) is 5.24. The Balaban J connectivity index is 2.68. The van der Waals surface area contributed by atoms with Gasteiger partial charge in [0.2, 0.25) is 0 Å². The molecule has 0 radical (unpaired) electrons. The molecule has 11 heavy (non-hydrogen) atoms. The first-order valence-electron chi connectivity index (χ1n) is 4.29. The first kappa shape index (κ1) is 8.31. The van der Waals surface area contributed by atoms with Crippen LogP contribution in [0.5, 0.6) is 0 Å². The zero-order valence-corrected chi connectivity index (χ0v) is 7.59. The minimum Gasteiger partial charge on any atom is -0.248 e. The number of imidazole rings is 1. The van der Waals surface area contributed by atoms with E-state index in [2.05, 4.69) is 36.5 Å². The van der Waals surface area contributed by atoms with Crippen LogP contribution in [0.15, 0.2) is 12.4 Å². The molecular formula is C9H17N2+. The lowest BCUT2D eigenvalue weighted by atomic mass is 10.1. The number of aromatic nitrogens is 2. The summed E-state index contributed by atoms with van der Waals surface area (Å²) in [4.78, 5) is 3.25. The van der Waals surface area contributed by atoms with Crippen LogP contribution in [0.1, 0.15) is 26.6 Å². The van der Waals surface area contributed by atoms with E-state index in [-0.39, 0.29) is 0 Å². The van der Waals surface area contributed by atoms with Crippen LogP contribution in [-0.2, 0) is 13.0 Å². The van der Waals surface area contributed by atoms with E-state index in [1.807, 2.05) is 6.20 Å². The highest BCUT2D eigenvalue weighted by Gasteiger charge is 2.09. The van der Waals surface area contributed by atoms with Crippen molar-refractivity contribution in [1.29, 1.82) is 0 Å².